The molecule has 0 radical (unpaired) electrons. The third-order valence-corrected chi connectivity index (χ3v) is 5.83. The summed E-state index contributed by atoms with van der Waals surface area (Å²) >= 11 is 11.6. The molecule has 0 heterocycles. The van der Waals surface area contributed by atoms with Crippen LogP contribution in [0.25, 0.3) is 0 Å². The Morgan fingerprint density at radius 1 is 1.00 bits per heavy atom. The quantitative estimate of drug-likeness (QED) is 0.795. The Kier molecular flexibility index (Phi) is 4.41. The van der Waals surface area contributed by atoms with Gasteiger partial charge in [0.25, 0.3) is 6.49 Å². The maximum atomic E-state index is 6.07. The fraction of sp³-hybridized carbons (Fsp3) is 0.0769. The largest absolute Gasteiger partial charge is 0.439 e. The first-order valence-corrected chi connectivity index (χ1v) is 8.33. The van der Waals surface area contributed by atoms with Crippen molar-refractivity contribution in [1.82, 2.24) is 0 Å². The smallest absolute Gasteiger partial charge is 0.268 e. The summed E-state index contributed by atoms with van der Waals surface area (Å²) in [6.07, 6.45) is 0. The van der Waals surface area contributed by atoms with Crippen molar-refractivity contribution >= 4 is 35.2 Å². The summed E-state index contributed by atoms with van der Waals surface area (Å²) in [5, 5.41) is 1.39. The summed E-state index contributed by atoms with van der Waals surface area (Å²) in [7, 11) is 1.56. The molecule has 0 aliphatic heterocycles. The normalized spacial score (nSPS) is 13.9. The molecule has 0 saturated carbocycles. The van der Waals surface area contributed by atoms with E-state index in [4.69, 9.17) is 32.5 Å². The number of rotatable bonds is 4. The van der Waals surface area contributed by atoms with E-state index in [-0.39, 0.29) is 0 Å². The summed E-state index contributed by atoms with van der Waals surface area (Å²) < 4.78 is 11.3. The lowest BCUT2D eigenvalue weighted by Gasteiger charge is -2.21. The Bertz CT molecular complexity index is 574. The van der Waals surface area contributed by atoms with Crippen LogP contribution in [-0.4, -0.2) is 7.11 Å². The molecule has 2 rings (SSSR count). The van der Waals surface area contributed by atoms with Crippen LogP contribution in [-0.2, 0) is 16.3 Å². The second-order valence-corrected chi connectivity index (χ2v) is 7.45. The average Bonchev–Trinajstić information content (AvgIpc) is 2.42. The zero-order valence-electron chi connectivity index (χ0n) is 9.75. The highest BCUT2D eigenvalue weighted by atomic mass is 35.5. The van der Waals surface area contributed by atoms with Crippen LogP contribution in [0.3, 0.4) is 0 Å². The van der Waals surface area contributed by atoms with Crippen LogP contribution in [0.15, 0.2) is 54.6 Å². The van der Waals surface area contributed by atoms with Crippen molar-refractivity contribution in [1.29, 1.82) is 0 Å². The van der Waals surface area contributed by atoms with Crippen LogP contribution in [0.2, 0.25) is 5.02 Å². The van der Waals surface area contributed by atoms with Gasteiger partial charge >= 0.3 is 0 Å². The van der Waals surface area contributed by atoms with E-state index in [1.54, 1.807) is 19.2 Å². The van der Waals surface area contributed by atoms with E-state index >= 15 is 0 Å². The lowest BCUT2D eigenvalue weighted by molar-refractivity contribution is 0.402. The molecule has 94 valence electrons. The van der Waals surface area contributed by atoms with Crippen molar-refractivity contribution in [2.24, 2.45) is 0 Å². The van der Waals surface area contributed by atoms with Crippen molar-refractivity contribution in [2.75, 3.05) is 7.11 Å². The summed E-state index contributed by atoms with van der Waals surface area (Å²) in [4.78, 5) is 0. The Morgan fingerprint density at radius 2 is 1.61 bits per heavy atom. The molecule has 0 N–H and O–H groups in total. The highest BCUT2D eigenvalue weighted by molar-refractivity contribution is 8.13. The molecule has 5 heteroatoms. The summed E-state index contributed by atoms with van der Waals surface area (Å²) in [5.41, 5.74) is 0. The number of benzene rings is 2. The average molecular weight is 299 g/mol. The van der Waals surface area contributed by atoms with E-state index in [2.05, 4.69) is 0 Å². The van der Waals surface area contributed by atoms with Gasteiger partial charge in [0, 0.05) is 12.4 Å². The van der Waals surface area contributed by atoms with Gasteiger partial charge in [0.15, 0.2) is 0 Å². The minimum absolute atomic E-state index is 0.528. The van der Waals surface area contributed by atoms with Crippen LogP contribution >= 0.6 is 18.1 Å². The van der Waals surface area contributed by atoms with Gasteiger partial charge in [-0.1, -0.05) is 41.9 Å². The van der Waals surface area contributed by atoms with Crippen LogP contribution < -0.4 is 9.83 Å². The maximum Gasteiger partial charge on any atom is 0.268 e. The molecule has 18 heavy (non-hydrogen) atoms. The van der Waals surface area contributed by atoms with Gasteiger partial charge < -0.3 is 9.05 Å². The van der Waals surface area contributed by atoms with Gasteiger partial charge in [-0.2, -0.15) is 0 Å². The highest BCUT2D eigenvalue weighted by Gasteiger charge is 2.22. The first kappa shape index (κ1) is 13.6. The van der Waals surface area contributed by atoms with Gasteiger partial charge in [-0.25, -0.2) is 0 Å². The minimum Gasteiger partial charge on any atom is -0.439 e. The maximum absolute atomic E-state index is 6.07. The van der Waals surface area contributed by atoms with Gasteiger partial charge in [0.1, 0.15) is 5.75 Å². The van der Waals surface area contributed by atoms with Crippen LogP contribution in [0.5, 0.6) is 5.75 Å². The zero-order valence-corrected chi connectivity index (χ0v) is 12.2. The van der Waals surface area contributed by atoms with E-state index in [9.17, 15) is 0 Å². The third-order valence-electron chi connectivity index (χ3n) is 2.37. The molecular weight excluding hydrogens is 287 g/mol. The SMILES string of the molecule is COP(=S)(Oc1ccccc1Cl)c1ccccc1. The fourth-order valence-electron chi connectivity index (χ4n) is 1.45. The molecule has 0 aliphatic carbocycles. The number of halogens is 1. The molecule has 2 aromatic rings. The van der Waals surface area contributed by atoms with Crippen molar-refractivity contribution in [2.45, 2.75) is 0 Å². The topological polar surface area (TPSA) is 18.5 Å². The van der Waals surface area contributed by atoms with Gasteiger partial charge in [0.2, 0.25) is 0 Å². The summed E-state index contributed by atoms with van der Waals surface area (Å²) in [6.45, 7) is -2.55. The monoisotopic (exact) mass is 298 g/mol. The molecule has 0 bridgehead atoms. The first-order chi connectivity index (χ1) is 8.65. The molecule has 0 aromatic heterocycles. The predicted molar refractivity (Wildman–Crippen MR) is 79.5 cm³/mol. The molecule has 2 aromatic carbocycles. The van der Waals surface area contributed by atoms with Gasteiger partial charge in [-0.05, 0) is 36.1 Å². The Labute approximate surface area is 117 Å². The zero-order chi connectivity index (χ0) is 13.0. The summed E-state index contributed by atoms with van der Waals surface area (Å²) in [5.74, 6) is 0.549. The molecule has 2 nitrogen and oxygen atoms in total. The minimum atomic E-state index is -2.55. The molecule has 0 saturated heterocycles. The van der Waals surface area contributed by atoms with E-state index in [0.29, 0.717) is 10.8 Å². The van der Waals surface area contributed by atoms with Crippen LogP contribution in [0.4, 0.5) is 0 Å². The predicted octanol–water partition coefficient (Wildman–Crippen LogP) is 4.00. The number of para-hydroxylation sites is 1. The number of hydrogen-bond donors (Lipinski definition) is 0. The van der Waals surface area contributed by atoms with Crippen molar-refractivity contribution in [3.63, 3.8) is 0 Å². The molecule has 1 atom stereocenters. The van der Waals surface area contributed by atoms with Gasteiger partial charge in [-0.15, -0.1) is 0 Å². The second kappa shape index (κ2) is 5.85. The Morgan fingerprint density at radius 3 is 2.22 bits per heavy atom. The van der Waals surface area contributed by atoms with Crippen molar-refractivity contribution in [3.8, 4) is 5.75 Å². The Balaban J connectivity index is 2.36. The van der Waals surface area contributed by atoms with Crippen molar-refractivity contribution in [3.05, 3.63) is 59.6 Å². The number of hydrogen-bond acceptors (Lipinski definition) is 3. The summed E-state index contributed by atoms with van der Waals surface area (Å²) in [6, 6.07) is 16.8. The van der Waals surface area contributed by atoms with E-state index in [0.717, 1.165) is 5.30 Å². The fourth-order valence-corrected chi connectivity index (χ4v) is 3.63. The van der Waals surface area contributed by atoms with E-state index in [1.165, 1.54) is 0 Å². The lowest BCUT2D eigenvalue weighted by Crippen LogP contribution is -2.10. The third kappa shape index (κ3) is 2.93. The van der Waals surface area contributed by atoms with E-state index < -0.39 is 6.49 Å². The first-order valence-electron chi connectivity index (χ1n) is 5.31. The molecular formula is C13H12ClO2PS. The van der Waals surface area contributed by atoms with Crippen LogP contribution in [0.1, 0.15) is 0 Å². The molecule has 0 fully saturated rings. The molecule has 0 spiro atoms. The van der Waals surface area contributed by atoms with Crippen molar-refractivity contribution < 1.29 is 9.05 Å². The standard InChI is InChI=1S/C13H12ClO2PS/c1-15-17(18,11-7-3-2-4-8-11)16-13-10-6-5-9-12(13)14/h2-10H,1H3. The molecule has 1 unspecified atom stereocenters. The van der Waals surface area contributed by atoms with Crippen LogP contribution in [0, 0.1) is 0 Å². The second-order valence-electron chi connectivity index (χ2n) is 3.54. The van der Waals surface area contributed by atoms with E-state index in [1.807, 2.05) is 42.5 Å². The lowest BCUT2D eigenvalue weighted by atomic mass is 10.3. The molecule has 0 aliphatic rings. The highest BCUT2D eigenvalue weighted by Crippen LogP contribution is 2.48. The Hall–Kier alpha value is -0.860. The van der Waals surface area contributed by atoms with Gasteiger partial charge in [0.05, 0.1) is 5.02 Å². The molecule has 0 amide bonds. The van der Waals surface area contributed by atoms with Gasteiger partial charge in [-0.3, -0.25) is 0 Å².